The van der Waals surface area contributed by atoms with E-state index in [-0.39, 0.29) is 27.5 Å². The SMILES string of the molecule is Cc1ccc(C(=O)Nc2ccc(C(=O)[O-])cc2)cc1NC1=C(Cl)C(=O)N(c2cccc(Cl)c2)C1=O. The van der Waals surface area contributed by atoms with Crippen LogP contribution in [0.1, 0.15) is 26.3 Å². The van der Waals surface area contributed by atoms with E-state index >= 15 is 0 Å². The number of rotatable bonds is 6. The van der Waals surface area contributed by atoms with E-state index in [0.717, 1.165) is 4.90 Å². The topological polar surface area (TPSA) is 119 Å². The van der Waals surface area contributed by atoms with Gasteiger partial charge in [-0.2, -0.15) is 0 Å². The predicted molar refractivity (Wildman–Crippen MR) is 130 cm³/mol. The first-order valence-corrected chi connectivity index (χ1v) is 11.0. The average molecular weight is 509 g/mol. The zero-order valence-electron chi connectivity index (χ0n) is 18.1. The van der Waals surface area contributed by atoms with Crippen LogP contribution in [0.4, 0.5) is 17.1 Å². The van der Waals surface area contributed by atoms with Crippen molar-refractivity contribution in [2.24, 2.45) is 0 Å². The number of halogens is 2. The van der Waals surface area contributed by atoms with Crippen molar-refractivity contribution in [3.05, 3.63) is 99.2 Å². The molecule has 8 nitrogen and oxygen atoms in total. The molecule has 3 aromatic rings. The first kappa shape index (κ1) is 24.0. The predicted octanol–water partition coefficient (Wildman–Crippen LogP) is 3.70. The van der Waals surface area contributed by atoms with E-state index in [9.17, 15) is 24.3 Å². The summed E-state index contributed by atoms with van der Waals surface area (Å²) in [5.41, 5.74) is 1.85. The summed E-state index contributed by atoms with van der Waals surface area (Å²) >= 11 is 12.2. The molecule has 0 bridgehead atoms. The summed E-state index contributed by atoms with van der Waals surface area (Å²) in [5.74, 6) is -3.15. The van der Waals surface area contributed by atoms with E-state index in [1.54, 1.807) is 37.3 Å². The van der Waals surface area contributed by atoms with E-state index in [1.807, 2.05) is 0 Å². The Morgan fingerprint density at radius 2 is 1.57 bits per heavy atom. The number of aromatic carboxylic acids is 1. The average Bonchev–Trinajstić information content (AvgIpc) is 3.03. The molecule has 4 rings (SSSR count). The molecule has 0 atom stereocenters. The Hall–Kier alpha value is -4.14. The van der Waals surface area contributed by atoms with Gasteiger partial charge in [0, 0.05) is 22.0 Å². The number of hydrogen-bond acceptors (Lipinski definition) is 6. The summed E-state index contributed by atoms with van der Waals surface area (Å²) in [7, 11) is 0. The van der Waals surface area contributed by atoms with Crippen molar-refractivity contribution < 1.29 is 24.3 Å². The van der Waals surface area contributed by atoms with Gasteiger partial charge in [-0.3, -0.25) is 14.4 Å². The third kappa shape index (κ3) is 4.89. The molecule has 35 heavy (non-hydrogen) atoms. The molecular formula is C25H16Cl2N3O5-. The van der Waals surface area contributed by atoms with E-state index < -0.39 is 23.7 Å². The van der Waals surface area contributed by atoms with Crippen LogP contribution in [0, 0.1) is 6.92 Å². The summed E-state index contributed by atoms with van der Waals surface area (Å²) in [6.07, 6.45) is 0. The van der Waals surface area contributed by atoms with Crippen LogP contribution in [0.5, 0.6) is 0 Å². The first-order chi connectivity index (χ1) is 16.7. The minimum atomic E-state index is -1.32. The number of nitrogens with zero attached hydrogens (tertiary/aromatic N) is 1. The second-order valence-corrected chi connectivity index (χ2v) is 8.40. The van der Waals surface area contributed by atoms with Gasteiger partial charge in [0.15, 0.2) is 0 Å². The number of nitrogens with one attached hydrogen (secondary N) is 2. The van der Waals surface area contributed by atoms with Crippen LogP contribution in [-0.4, -0.2) is 23.7 Å². The molecule has 0 fully saturated rings. The molecule has 1 aliphatic rings. The van der Waals surface area contributed by atoms with Gasteiger partial charge >= 0.3 is 0 Å². The molecule has 2 N–H and O–H groups in total. The molecule has 0 aromatic heterocycles. The second-order valence-electron chi connectivity index (χ2n) is 7.59. The molecule has 1 heterocycles. The Kier molecular flexibility index (Phi) is 6.59. The third-order valence-corrected chi connectivity index (χ3v) is 5.82. The zero-order chi connectivity index (χ0) is 25.3. The first-order valence-electron chi connectivity index (χ1n) is 10.2. The van der Waals surface area contributed by atoms with Gasteiger partial charge in [0.2, 0.25) is 0 Å². The van der Waals surface area contributed by atoms with Gasteiger partial charge in [0.25, 0.3) is 17.7 Å². The van der Waals surface area contributed by atoms with E-state index in [2.05, 4.69) is 10.6 Å². The van der Waals surface area contributed by atoms with Crippen LogP contribution in [0.2, 0.25) is 5.02 Å². The third-order valence-electron chi connectivity index (χ3n) is 5.23. The van der Waals surface area contributed by atoms with Gasteiger partial charge in [-0.15, -0.1) is 0 Å². The van der Waals surface area contributed by atoms with E-state index in [4.69, 9.17) is 23.2 Å². The molecule has 176 valence electrons. The quantitative estimate of drug-likeness (QED) is 0.490. The van der Waals surface area contributed by atoms with Crippen molar-refractivity contribution in [2.45, 2.75) is 6.92 Å². The summed E-state index contributed by atoms with van der Waals surface area (Å²) in [4.78, 5) is 50.2. The van der Waals surface area contributed by atoms with Gasteiger partial charge in [-0.05, 0) is 60.5 Å². The lowest BCUT2D eigenvalue weighted by Crippen LogP contribution is -2.32. The molecule has 1 aliphatic heterocycles. The molecule has 10 heteroatoms. The number of carbonyl (C=O) groups excluding carboxylic acids is 4. The standard InChI is InChI=1S/C25H17Cl2N3O5/c1-13-5-6-15(22(31)28-17-9-7-14(8-10-17)25(34)35)11-19(13)29-21-20(27)23(32)30(24(21)33)18-4-2-3-16(26)12-18/h2-12,29H,1H3,(H,28,31)(H,34,35)/p-1. The second kappa shape index (κ2) is 9.61. The fraction of sp³-hybridized carbons (Fsp3) is 0.0400. The minimum absolute atomic E-state index is 0.0161. The maximum absolute atomic E-state index is 13.0. The number of benzene rings is 3. The molecule has 0 radical (unpaired) electrons. The van der Waals surface area contributed by atoms with Gasteiger partial charge in [0.05, 0.1) is 11.7 Å². The Labute approximate surface area is 209 Å². The Bertz CT molecular complexity index is 1420. The number of hydrogen-bond donors (Lipinski definition) is 2. The number of carbonyl (C=O) groups is 4. The number of carboxylic acid groups (broad SMARTS) is 1. The fourth-order valence-corrected chi connectivity index (χ4v) is 3.78. The van der Waals surface area contributed by atoms with Crippen LogP contribution in [0.25, 0.3) is 0 Å². The van der Waals surface area contributed by atoms with E-state index in [0.29, 0.717) is 22.0 Å². The Balaban J connectivity index is 1.56. The minimum Gasteiger partial charge on any atom is -0.545 e. The highest BCUT2D eigenvalue weighted by Crippen LogP contribution is 2.32. The summed E-state index contributed by atoms with van der Waals surface area (Å²) in [5, 5.41) is 16.5. The lowest BCUT2D eigenvalue weighted by atomic mass is 10.1. The van der Waals surface area contributed by atoms with Crippen molar-refractivity contribution in [1.82, 2.24) is 0 Å². The summed E-state index contributed by atoms with van der Waals surface area (Å²) in [6.45, 7) is 1.76. The van der Waals surface area contributed by atoms with Crippen molar-refractivity contribution in [3.8, 4) is 0 Å². The number of amides is 3. The van der Waals surface area contributed by atoms with Gasteiger partial charge in [0.1, 0.15) is 10.7 Å². The molecule has 3 amide bonds. The zero-order valence-corrected chi connectivity index (χ0v) is 19.6. The highest BCUT2D eigenvalue weighted by Gasteiger charge is 2.39. The summed E-state index contributed by atoms with van der Waals surface area (Å²) in [6, 6.07) is 16.5. The number of carboxylic acids is 1. The molecule has 3 aromatic carbocycles. The maximum Gasteiger partial charge on any atom is 0.283 e. The van der Waals surface area contributed by atoms with Crippen molar-refractivity contribution >= 4 is 64.0 Å². The van der Waals surface area contributed by atoms with Crippen LogP contribution in [0.15, 0.2) is 77.5 Å². The largest absolute Gasteiger partial charge is 0.545 e. The lowest BCUT2D eigenvalue weighted by Gasteiger charge is -2.16. The normalized spacial score (nSPS) is 13.3. The van der Waals surface area contributed by atoms with Crippen molar-refractivity contribution in [2.75, 3.05) is 15.5 Å². The Morgan fingerprint density at radius 3 is 2.23 bits per heavy atom. The lowest BCUT2D eigenvalue weighted by molar-refractivity contribution is -0.255. The van der Waals surface area contributed by atoms with Crippen molar-refractivity contribution in [1.29, 1.82) is 0 Å². The van der Waals surface area contributed by atoms with Crippen LogP contribution >= 0.6 is 23.2 Å². The van der Waals surface area contributed by atoms with Crippen molar-refractivity contribution in [3.63, 3.8) is 0 Å². The number of imide groups is 1. The van der Waals surface area contributed by atoms with Crippen LogP contribution in [0.3, 0.4) is 0 Å². The molecule has 0 unspecified atom stereocenters. The molecule has 0 saturated heterocycles. The molecule has 0 spiro atoms. The van der Waals surface area contributed by atoms with Gasteiger partial charge in [-0.1, -0.05) is 47.5 Å². The van der Waals surface area contributed by atoms with Crippen LogP contribution in [-0.2, 0) is 9.59 Å². The smallest absolute Gasteiger partial charge is 0.283 e. The number of aryl methyl sites for hydroxylation is 1. The summed E-state index contributed by atoms with van der Waals surface area (Å²) < 4.78 is 0. The van der Waals surface area contributed by atoms with Gasteiger partial charge in [-0.25, -0.2) is 4.90 Å². The maximum atomic E-state index is 13.0. The monoisotopic (exact) mass is 508 g/mol. The highest BCUT2D eigenvalue weighted by atomic mass is 35.5. The highest BCUT2D eigenvalue weighted by molar-refractivity contribution is 6.53. The van der Waals surface area contributed by atoms with Gasteiger partial charge < -0.3 is 20.5 Å². The fourth-order valence-electron chi connectivity index (χ4n) is 3.39. The molecular weight excluding hydrogens is 493 g/mol. The van der Waals surface area contributed by atoms with Crippen LogP contribution < -0.4 is 20.6 Å². The molecule has 0 aliphatic carbocycles. The Morgan fingerprint density at radius 1 is 0.886 bits per heavy atom. The molecule has 0 saturated carbocycles. The van der Waals surface area contributed by atoms with E-state index in [1.165, 1.54) is 36.4 Å². The number of anilines is 3.